The highest BCUT2D eigenvalue weighted by molar-refractivity contribution is 5.72. The minimum atomic E-state index is -0.0430. The van der Waals surface area contributed by atoms with Gasteiger partial charge in [-0.05, 0) is 18.6 Å². The summed E-state index contributed by atoms with van der Waals surface area (Å²) in [5.41, 5.74) is 7.44. The van der Waals surface area contributed by atoms with Crippen LogP contribution in [0.2, 0.25) is 0 Å². The molecule has 4 nitrogen and oxygen atoms in total. The van der Waals surface area contributed by atoms with Crippen LogP contribution in [0.25, 0.3) is 0 Å². The number of nitrogen functional groups attached to an aromatic ring is 1. The summed E-state index contributed by atoms with van der Waals surface area (Å²) in [7, 11) is 0. The van der Waals surface area contributed by atoms with Crippen LogP contribution in [0, 0.1) is 18.8 Å². The van der Waals surface area contributed by atoms with Gasteiger partial charge in [0.1, 0.15) is 5.82 Å². The SMILES string of the molecule is CC(=O)NCCC#Cc1cc(C)cnc1N. The van der Waals surface area contributed by atoms with Crippen molar-refractivity contribution in [3.63, 3.8) is 0 Å². The number of carbonyl (C=O) groups excluding carboxylic acids is 1. The normalized spacial score (nSPS) is 9.12. The quantitative estimate of drug-likeness (QED) is 0.570. The molecule has 0 bridgehead atoms. The zero-order valence-corrected chi connectivity index (χ0v) is 9.50. The minimum Gasteiger partial charge on any atom is -0.383 e. The fourth-order valence-corrected chi connectivity index (χ4v) is 1.14. The predicted molar refractivity (Wildman–Crippen MR) is 63.6 cm³/mol. The molecule has 0 aromatic carbocycles. The molecule has 0 saturated heterocycles. The number of pyridine rings is 1. The van der Waals surface area contributed by atoms with Gasteiger partial charge in [-0.2, -0.15) is 0 Å². The Morgan fingerprint density at radius 2 is 2.38 bits per heavy atom. The first-order valence-electron chi connectivity index (χ1n) is 5.05. The molecule has 0 aliphatic carbocycles. The van der Waals surface area contributed by atoms with E-state index in [1.807, 2.05) is 13.0 Å². The molecular formula is C12H15N3O. The number of nitrogens with zero attached hydrogens (tertiary/aromatic N) is 1. The van der Waals surface area contributed by atoms with Gasteiger partial charge in [0.05, 0.1) is 5.56 Å². The molecule has 4 heteroatoms. The number of hydrogen-bond donors (Lipinski definition) is 2. The summed E-state index contributed by atoms with van der Waals surface area (Å²) in [6, 6.07) is 1.90. The molecule has 1 amide bonds. The number of aromatic nitrogens is 1. The number of nitrogens with one attached hydrogen (secondary N) is 1. The van der Waals surface area contributed by atoms with E-state index >= 15 is 0 Å². The summed E-state index contributed by atoms with van der Waals surface area (Å²) in [6.45, 7) is 3.98. The van der Waals surface area contributed by atoms with E-state index in [1.54, 1.807) is 6.20 Å². The lowest BCUT2D eigenvalue weighted by molar-refractivity contribution is -0.118. The average Bonchev–Trinajstić information content (AvgIpc) is 2.22. The van der Waals surface area contributed by atoms with Crippen LogP contribution in [-0.4, -0.2) is 17.4 Å². The number of nitrogens with two attached hydrogens (primary N) is 1. The van der Waals surface area contributed by atoms with Crippen LogP contribution >= 0.6 is 0 Å². The Hall–Kier alpha value is -2.02. The Morgan fingerprint density at radius 3 is 3.06 bits per heavy atom. The second-order valence-corrected chi connectivity index (χ2v) is 3.48. The highest BCUT2D eigenvalue weighted by Crippen LogP contribution is 2.07. The average molecular weight is 217 g/mol. The molecule has 1 aromatic rings. The van der Waals surface area contributed by atoms with Gasteiger partial charge in [-0.25, -0.2) is 4.98 Å². The van der Waals surface area contributed by atoms with E-state index in [1.165, 1.54) is 6.92 Å². The molecule has 0 atom stereocenters. The van der Waals surface area contributed by atoms with Crippen molar-refractivity contribution in [2.24, 2.45) is 0 Å². The Balaban J connectivity index is 2.56. The predicted octanol–water partition coefficient (Wildman–Crippen LogP) is 0.850. The Bertz CT molecular complexity index is 443. The Morgan fingerprint density at radius 1 is 1.62 bits per heavy atom. The van der Waals surface area contributed by atoms with E-state index in [-0.39, 0.29) is 5.91 Å². The number of hydrogen-bond acceptors (Lipinski definition) is 3. The van der Waals surface area contributed by atoms with E-state index in [9.17, 15) is 4.79 Å². The van der Waals surface area contributed by atoms with E-state index in [0.717, 1.165) is 11.1 Å². The van der Waals surface area contributed by atoms with Gasteiger partial charge < -0.3 is 11.1 Å². The van der Waals surface area contributed by atoms with E-state index < -0.39 is 0 Å². The number of carbonyl (C=O) groups is 1. The zero-order valence-electron chi connectivity index (χ0n) is 9.50. The second kappa shape index (κ2) is 5.76. The first kappa shape index (κ1) is 12.1. The summed E-state index contributed by atoms with van der Waals surface area (Å²) in [4.78, 5) is 14.6. The molecule has 0 fully saturated rings. The van der Waals surface area contributed by atoms with Crippen molar-refractivity contribution in [2.45, 2.75) is 20.3 Å². The highest BCUT2D eigenvalue weighted by Gasteiger charge is 1.96. The van der Waals surface area contributed by atoms with Crippen LogP contribution in [0.4, 0.5) is 5.82 Å². The number of rotatable bonds is 2. The third-order valence-corrected chi connectivity index (χ3v) is 1.90. The van der Waals surface area contributed by atoms with Gasteiger partial charge in [0, 0.05) is 26.1 Å². The van der Waals surface area contributed by atoms with Crippen molar-refractivity contribution in [3.05, 3.63) is 23.4 Å². The smallest absolute Gasteiger partial charge is 0.216 e. The first-order valence-corrected chi connectivity index (χ1v) is 5.05. The molecule has 84 valence electrons. The monoisotopic (exact) mass is 217 g/mol. The van der Waals surface area contributed by atoms with Crippen molar-refractivity contribution in [2.75, 3.05) is 12.3 Å². The molecule has 16 heavy (non-hydrogen) atoms. The number of aryl methyl sites for hydroxylation is 1. The maximum Gasteiger partial charge on any atom is 0.216 e. The van der Waals surface area contributed by atoms with Crippen molar-refractivity contribution in [3.8, 4) is 11.8 Å². The highest BCUT2D eigenvalue weighted by atomic mass is 16.1. The molecule has 1 aromatic heterocycles. The fourth-order valence-electron chi connectivity index (χ4n) is 1.14. The second-order valence-electron chi connectivity index (χ2n) is 3.48. The van der Waals surface area contributed by atoms with Crippen LogP contribution in [0.3, 0.4) is 0 Å². The van der Waals surface area contributed by atoms with Gasteiger partial charge in [-0.15, -0.1) is 0 Å². The van der Waals surface area contributed by atoms with E-state index in [0.29, 0.717) is 18.8 Å². The van der Waals surface area contributed by atoms with Gasteiger partial charge >= 0.3 is 0 Å². The molecule has 0 spiro atoms. The fraction of sp³-hybridized carbons (Fsp3) is 0.333. The van der Waals surface area contributed by atoms with Gasteiger partial charge in [0.15, 0.2) is 0 Å². The topological polar surface area (TPSA) is 68.0 Å². The van der Waals surface area contributed by atoms with Crippen LogP contribution < -0.4 is 11.1 Å². The van der Waals surface area contributed by atoms with Crippen LogP contribution in [0.5, 0.6) is 0 Å². The molecule has 3 N–H and O–H groups in total. The molecule has 0 saturated carbocycles. The van der Waals surface area contributed by atoms with Gasteiger partial charge in [0.25, 0.3) is 0 Å². The van der Waals surface area contributed by atoms with Crippen molar-refractivity contribution >= 4 is 11.7 Å². The first-order chi connectivity index (χ1) is 7.59. The van der Waals surface area contributed by atoms with Crippen molar-refractivity contribution in [1.29, 1.82) is 0 Å². The standard InChI is InChI=1S/C12H15N3O/c1-9-7-11(12(13)15-8-9)5-3-4-6-14-10(2)16/h7-8H,4,6H2,1-2H3,(H2,13,15)(H,14,16). The van der Waals surface area contributed by atoms with Crippen LogP contribution in [0.1, 0.15) is 24.5 Å². The molecule has 0 aliphatic heterocycles. The third kappa shape index (κ3) is 4.01. The summed E-state index contributed by atoms with van der Waals surface area (Å²) in [6.07, 6.45) is 2.31. The summed E-state index contributed by atoms with van der Waals surface area (Å²) >= 11 is 0. The number of anilines is 1. The molecule has 0 aliphatic rings. The van der Waals surface area contributed by atoms with Gasteiger partial charge in [0.2, 0.25) is 5.91 Å². The molecule has 1 rings (SSSR count). The third-order valence-electron chi connectivity index (χ3n) is 1.90. The zero-order chi connectivity index (χ0) is 12.0. The Labute approximate surface area is 95.3 Å². The van der Waals surface area contributed by atoms with Crippen molar-refractivity contribution < 1.29 is 4.79 Å². The van der Waals surface area contributed by atoms with Crippen LogP contribution in [-0.2, 0) is 4.79 Å². The van der Waals surface area contributed by atoms with E-state index in [4.69, 9.17) is 5.73 Å². The van der Waals surface area contributed by atoms with Crippen LogP contribution in [0.15, 0.2) is 12.3 Å². The Kier molecular flexibility index (Phi) is 4.34. The van der Waals surface area contributed by atoms with Crippen molar-refractivity contribution in [1.82, 2.24) is 10.3 Å². The maximum absolute atomic E-state index is 10.6. The maximum atomic E-state index is 10.6. The molecule has 1 heterocycles. The summed E-state index contributed by atoms with van der Waals surface area (Å²) in [5, 5.41) is 2.67. The summed E-state index contributed by atoms with van der Waals surface area (Å²) < 4.78 is 0. The molecular weight excluding hydrogens is 202 g/mol. The molecule has 0 unspecified atom stereocenters. The lowest BCUT2D eigenvalue weighted by atomic mass is 10.2. The lowest BCUT2D eigenvalue weighted by Crippen LogP contribution is -2.20. The van der Waals surface area contributed by atoms with Gasteiger partial charge in [-0.3, -0.25) is 4.79 Å². The molecule has 0 radical (unpaired) electrons. The largest absolute Gasteiger partial charge is 0.383 e. The minimum absolute atomic E-state index is 0.0430. The van der Waals surface area contributed by atoms with Gasteiger partial charge in [-0.1, -0.05) is 11.8 Å². The summed E-state index contributed by atoms with van der Waals surface area (Å²) in [5.74, 6) is 6.28. The number of amides is 1. The van der Waals surface area contributed by atoms with E-state index in [2.05, 4.69) is 22.1 Å². The lowest BCUT2D eigenvalue weighted by Gasteiger charge is -1.98.